The lowest BCUT2D eigenvalue weighted by Gasteiger charge is -2.14. The lowest BCUT2D eigenvalue weighted by molar-refractivity contribution is -0.122. The average molecular weight is 414 g/mol. The second kappa shape index (κ2) is 9.75. The van der Waals surface area contributed by atoms with E-state index in [4.69, 9.17) is 21.7 Å². The van der Waals surface area contributed by atoms with Gasteiger partial charge < -0.3 is 9.47 Å². The Labute approximate surface area is 175 Å². The van der Waals surface area contributed by atoms with Crippen LogP contribution in [0.25, 0.3) is 6.08 Å². The third-order valence-electron chi connectivity index (χ3n) is 4.21. The summed E-state index contributed by atoms with van der Waals surface area (Å²) in [6, 6.07) is 15.8. The predicted molar refractivity (Wildman–Crippen MR) is 119 cm³/mol. The van der Waals surface area contributed by atoms with Crippen molar-refractivity contribution in [2.45, 2.75) is 20.3 Å². The largest absolute Gasteiger partial charge is 0.490 e. The minimum atomic E-state index is -0.0437. The third-order valence-corrected chi connectivity index (χ3v) is 5.58. The first-order valence-electron chi connectivity index (χ1n) is 9.31. The highest BCUT2D eigenvalue weighted by molar-refractivity contribution is 8.26. The highest BCUT2D eigenvalue weighted by atomic mass is 32.2. The Bertz CT molecular complexity index is 881. The van der Waals surface area contributed by atoms with Crippen LogP contribution in [-0.4, -0.2) is 34.9 Å². The number of ether oxygens (including phenoxy) is 2. The third kappa shape index (κ3) is 4.94. The minimum absolute atomic E-state index is 0.0437. The second-order valence-corrected chi connectivity index (χ2v) is 7.82. The molecule has 2 aromatic carbocycles. The molecule has 0 bridgehead atoms. The van der Waals surface area contributed by atoms with Crippen LogP contribution in [0.3, 0.4) is 0 Å². The van der Waals surface area contributed by atoms with Gasteiger partial charge in [-0.1, -0.05) is 60.4 Å². The molecule has 0 spiro atoms. The smallest absolute Gasteiger partial charge is 0.266 e. The van der Waals surface area contributed by atoms with Gasteiger partial charge in [0.1, 0.15) is 4.32 Å². The molecule has 0 saturated carbocycles. The van der Waals surface area contributed by atoms with E-state index in [1.807, 2.05) is 56.3 Å². The number of amides is 1. The number of carbonyl (C=O) groups is 1. The molecule has 1 saturated heterocycles. The van der Waals surface area contributed by atoms with Crippen molar-refractivity contribution >= 4 is 40.3 Å². The van der Waals surface area contributed by atoms with Crippen molar-refractivity contribution in [3.05, 3.63) is 64.6 Å². The number of benzene rings is 2. The van der Waals surface area contributed by atoms with Crippen molar-refractivity contribution < 1.29 is 14.3 Å². The maximum Gasteiger partial charge on any atom is 0.266 e. The van der Waals surface area contributed by atoms with Gasteiger partial charge in [0.05, 0.1) is 18.1 Å². The molecule has 1 aliphatic heterocycles. The summed E-state index contributed by atoms with van der Waals surface area (Å²) >= 11 is 6.77. The van der Waals surface area contributed by atoms with Gasteiger partial charge in [-0.15, -0.1) is 0 Å². The van der Waals surface area contributed by atoms with E-state index in [-0.39, 0.29) is 5.91 Å². The number of carbonyl (C=O) groups excluding carboxylic acids is 1. The molecule has 1 amide bonds. The Hall–Kier alpha value is -2.31. The molecule has 4 nitrogen and oxygen atoms in total. The Balaban J connectivity index is 1.74. The van der Waals surface area contributed by atoms with E-state index in [9.17, 15) is 4.79 Å². The van der Waals surface area contributed by atoms with Gasteiger partial charge in [-0.3, -0.25) is 9.69 Å². The summed E-state index contributed by atoms with van der Waals surface area (Å²) in [5, 5.41) is 0. The van der Waals surface area contributed by atoms with Gasteiger partial charge in [0.15, 0.2) is 11.5 Å². The van der Waals surface area contributed by atoms with E-state index >= 15 is 0 Å². The number of thiocarbonyl (C=S) groups is 1. The van der Waals surface area contributed by atoms with Crippen molar-refractivity contribution in [2.24, 2.45) is 0 Å². The molecule has 1 fully saturated rings. The molecule has 0 N–H and O–H groups in total. The van der Waals surface area contributed by atoms with Crippen molar-refractivity contribution in [1.29, 1.82) is 0 Å². The fraction of sp³-hybridized carbons (Fsp3) is 0.273. The average Bonchev–Trinajstić information content (AvgIpc) is 2.96. The summed E-state index contributed by atoms with van der Waals surface area (Å²) in [5.74, 6) is 1.34. The predicted octanol–water partition coefficient (Wildman–Crippen LogP) is 4.93. The molecule has 3 rings (SSSR count). The summed E-state index contributed by atoms with van der Waals surface area (Å²) in [6.45, 7) is 5.56. The van der Waals surface area contributed by atoms with Crippen LogP contribution in [0, 0.1) is 0 Å². The van der Waals surface area contributed by atoms with E-state index in [0.717, 1.165) is 12.0 Å². The number of thioether (sulfide) groups is 1. The van der Waals surface area contributed by atoms with Crippen LogP contribution in [0.4, 0.5) is 0 Å². The topological polar surface area (TPSA) is 38.8 Å². The summed E-state index contributed by atoms with van der Waals surface area (Å²) in [6.07, 6.45) is 2.64. The van der Waals surface area contributed by atoms with Crippen LogP contribution in [0.5, 0.6) is 11.5 Å². The number of nitrogens with zero attached hydrogens (tertiary/aromatic N) is 1. The lowest BCUT2D eigenvalue weighted by atomic mass is 10.1. The molecule has 0 aliphatic carbocycles. The zero-order chi connectivity index (χ0) is 19.9. The molecule has 6 heteroatoms. The summed E-state index contributed by atoms with van der Waals surface area (Å²) in [4.78, 5) is 15.1. The van der Waals surface area contributed by atoms with Crippen LogP contribution in [-0.2, 0) is 11.2 Å². The van der Waals surface area contributed by atoms with Gasteiger partial charge in [-0.05, 0) is 49.6 Å². The minimum Gasteiger partial charge on any atom is -0.490 e. The van der Waals surface area contributed by atoms with Crippen LogP contribution < -0.4 is 9.47 Å². The monoisotopic (exact) mass is 413 g/mol. The molecular weight excluding hydrogens is 390 g/mol. The molecule has 0 unspecified atom stereocenters. The lowest BCUT2D eigenvalue weighted by Crippen LogP contribution is -2.30. The Morgan fingerprint density at radius 3 is 2.46 bits per heavy atom. The molecule has 28 heavy (non-hydrogen) atoms. The van der Waals surface area contributed by atoms with Crippen LogP contribution in [0.1, 0.15) is 25.0 Å². The van der Waals surface area contributed by atoms with Crippen LogP contribution >= 0.6 is 24.0 Å². The van der Waals surface area contributed by atoms with Crippen molar-refractivity contribution in [3.8, 4) is 11.5 Å². The number of rotatable bonds is 8. The van der Waals surface area contributed by atoms with E-state index in [0.29, 0.717) is 40.5 Å². The second-order valence-electron chi connectivity index (χ2n) is 6.14. The van der Waals surface area contributed by atoms with Crippen LogP contribution in [0.15, 0.2) is 53.4 Å². The summed E-state index contributed by atoms with van der Waals surface area (Å²) in [5.41, 5.74) is 2.07. The highest BCUT2D eigenvalue weighted by Gasteiger charge is 2.31. The fourth-order valence-corrected chi connectivity index (χ4v) is 4.20. The summed E-state index contributed by atoms with van der Waals surface area (Å²) < 4.78 is 11.9. The SMILES string of the molecule is CCOc1ccc(C=C2SC(=S)N(CCc3ccccc3)C2=O)cc1OCC. The van der Waals surface area contributed by atoms with Gasteiger partial charge >= 0.3 is 0 Å². The number of hydrogen-bond donors (Lipinski definition) is 0. The molecule has 1 aliphatic rings. The van der Waals surface area contributed by atoms with E-state index < -0.39 is 0 Å². The standard InChI is InChI=1S/C22H23NO3S2/c1-3-25-18-11-10-17(14-19(18)26-4-2)15-20-21(24)23(22(27)28-20)13-12-16-8-6-5-7-9-16/h5-11,14-15H,3-4,12-13H2,1-2H3. The van der Waals surface area contributed by atoms with E-state index in [2.05, 4.69) is 12.1 Å². The maximum absolute atomic E-state index is 12.8. The van der Waals surface area contributed by atoms with Gasteiger partial charge in [-0.2, -0.15) is 0 Å². The molecular formula is C22H23NO3S2. The van der Waals surface area contributed by atoms with Gasteiger partial charge in [0.25, 0.3) is 5.91 Å². The van der Waals surface area contributed by atoms with Gasteiger partial charge in [0, 0.05) is 6.54 Å². The quantitative estimate of drug-likeness (QED) is 0.453. The Morgan fingerprint density at radius 2 is 1.75 bits per heavy atom. The highest BCUT2D eigenvalue weighted by Crippen LogP contribution is 2.35. The molecule has 1 heterocycles. The van der Waals surface area contributed by atoms with Crippen molar-refractivity contribution in [2.75, 3.05) is 19.8 Å². The normalized spacial score (nSPS) is 15.4. The Kier molecular flexibility index (Phi) is 7.12. The molecule has 0 atom stereocenters. The van der Waals surface area contributed by atoms with Gasteiger partial charge in [0.2, 0.25) is 0 Å². The Morgan fingerprint density at radius 1 is 1.04 bits per heavy atom. The van der Waals surface area contributed by atoms with Crippen LogP contribution in [0.2, 0.25) is 0 Å². The first-order chi connectivity index (χ1) is 13.6. The zero-order valence-electron chi connectivity index (χ0n) is 16.0. The van der Waals surface area contributed by atoms with Crippen molar-refractivity contribution in [3.63, 3.8) is 0 Å². The fourth-order valence-electron chi connectivity index (χ4n) is 2.89. The molecule has 146 valence electrons. The first-order valence-corrected chi connectivity index (χ1v) is 10.5. The molecule has 0 aromatic heterocycles. The van der Waals surface area contributed by atoms with E-state index in [1.165, 1.54) is 17.3 Å². The van der Waals surface area contributed by atoms with Crippen molar-refractivity contribution in [1.82, 2.24) is 4.90 Å². The zero-order valence-corrected chi connectivity index (χ0v) is 17.6. The molecule has 2 aromatic rings. The first kappa shape index (κ1) is 20.4. The van der Waals surface area contributed by atoms with E-state index in [1.54, 1.807) is 4.90 Å². The number of hydrogen-bond acceptors (Lipinski definition) is 5. The maximum atomic E-state index is 12.8. The van der Waals surface area contributed by atoms with Gasteiger partial charge in [-0.25, -0.2) is 0 Å². The summed E-state index contributed by atoms with van der Waals surface area (Å²) in [7, 11) is 0. The molecule has 0 radical (unpaired) electrons.